The van der Waals surface area contributed by atoms with Crippen molar-refractivity contribution in [1.82, 2.24) is 4.90 Å². The fraction of sp³-hybridized carbons (Fsp3) is 0.929. The summed E-state index contributed by atoms with van der Waals surface area (Å²) < 4.78 is 11.5. The van der Waals surface area contributed by atoms with Gasteiger partial charge < -0.3 is 14.7 Å². The number of rotatable bonds is 1. The zero-order valence-electron chi connectivity index (χ0n) is 11.7. The van der Waals surface area contributed by atoms with Crippen molar-refractivity contribution >= 4 is 5.71 Å². The van der Waals surface area contributed by atoms with Gasteiger partial charge in [-0.3, -0.25) is 4.90 Å². The summed E-state index contributed by atoms with van der Waals surface area (Å²) in [5.41, 5.74) is 0.930. The molecule has 108 valence electrons. The molecule has 1 N–H and O–H groups in total. The highest BCUT2D eigenvalue weighted by atomic mass is 16.6. The molecule has 3 unspecified atom stereocenters. The first kappa shape index (κ1) is 13.3. The second kappa shape index (κ2) is 5.38. The molecule has 3 fully saturated rings. The molecule has 0 radical (unpaired) electrons. The van der Waals surface area contributed by atoms with Gasteiger partial charge in [0.25, 0.3) is 0 Å². The highest BCUT2D eigenvalue weighted by Crippen LogP contribution is 2.35. The minimum Gasteiger partial charge on any atom is -0.411 e. The summed E-state index contributed by atoms with van der Waals surface area (Å²) >= 11 is 0. The van der Waals surface area contributed by atoms with E-state index in [0.717, 1.165) is 64.3 Å². The average Bonchev–Trinajstić information content (AvgIpc) is 2.86. The highest BCUT2D eigenvalue weighted by molar-refractivity contribution is 5.87. The van der Waals surface area contributed by atoms with E-state index in [-0.39, 0.29) is 5.60 Å². The van der Waals surface area contributed by atoms with Crippen LogP contribution in [0, 0.1) is 5.92 Å². The monoisotopic (exact) mass is 268 g/mol. The third-order valence-electron chi connectivity index (χ3n) is 4.91. The molecule has 3 aliphatic heterocycles. The molecule has 3 rings (SSSR count). The number of likely N-dealkylation sites (tertiary alicyclic amines) is 1. The summed E-state index contributed by atoms with van der Waals surface area (Å²) in [5.74, 6) is 0.359. The molecule has 0 aromatic heterocycles. The van der Waals surface area contributed by atoms with Gasteiger partial charge in [0.2, 0.25) is 0 Å². The van der Waals surface area contributed by atoms with Gasteiger partial charge >= 0.3 is 0 Å². The molecule has 3 aliphatic rings. The third kappa shape index (κ3) is 2.64. The number of piperidine rings is 1. The SMILES string of the molecule is CC1CN(C2CCOC3(CCOC3)C2)CCC1=NO. The fourth-order valence-electron chi connectivity index (χ4n) is 3.71. The summed E-state index contributed by atoms with van der Waals surface area (Å²) in [6, 6.07) is 0.596. The Bertz CT molecular complexity index is 353. The first-order valence-corrected chi connectivity index (χ1v) is 7.39. The van der Waals surface area contributed by atoms with Crippen LogP contribution < -0.4 is 0 Å². The molecule has 0 amide bonds. The fourth-order valence-corrected chi connectivity index (χ4v) is 3.71. The van der Waals surface area contributed by atoms with Crippen LogP contribution in [0.3, 0.4) is 0 Å². The van der Waals surface area contributed by atoms with Crippen molar-refractivity contribution in [1.29, 1.82) is 0 Å². The van der Waals surface area contributed by atoms with E-state index >= 15 is 0 Å². The van der Waals surface area contributed by atoms with Crippen LogP contribution >= 0.6 is 0 Å². The first-order chi connectivity index (χ1) is 9.22. The molecule has 0 aliphatic carbocycles. The minimum absolute atomic E-state index is 0.0164. The van der Waals surface area contributed by atoms with Crippen molar-refractivity contribution in [2.45, 2.75) is 44.2 Å². The van der Waals surface area contributed by atoms with E-state index in [9.17, 15) is 0 Å². The predicted octanol–water partition coefficient (Wildman–Crippen LogP) is 1.50. The Balaban J connectivity index is 1.63. The van der Waals surface area contributed by atoms with E-state index in [1.54, 1.807) is 0 Å². The lowest BCUT2D eigenvalue weighted by molar-refractivity contribution is -0.107. The van der Waals surface area contributed by atoms with Crippen LogP contribution in [0.15, 0.2) is 5.16 Å². The van der Waals surface area contributed by atoms with Crippen molar-refractivity contribution in [2.75, 3.05) is 32.9 Å². The maximum Gasteiger partial charge on any atom is 0.0951 e. The van der Waals surface area contributed by atoms with E-state index in [2.05, 4.69) is 17.0 Å². The summed E-state index contributed by atoms with van der Waals surface area (Å²) in [5, 5.41) is 12.4. The van der Waals surface area contributed by atoms with Crippen LogP contribution in [-0.4, -0.2) is 60.4 Å². The van der Waals surface area contributed by atoms with E-state index < -0.39 is 0 Å². The van der Waals surface area contributed by atoms with Gasteiger partial charge in [-0.2, -0.15) is 0 Å². The quantitative estimate of drug-likeness (QED) is 0.578. The van der Waals surface area contributed by atoms with Crippen molar-refractivity contribution < 1.29 is 14.7 Å². The van der Waals surface area contributed by atoms with Crippen molar-refractivity contribution in [3.63, 3.8) is 0 Å². The Kier molecular flexibility index (Phi) is 3.78. The lowest BCUT2D eigenvalue weighted by Crippen LogP contribution is -2.52. The van der Waals surface area contributed by atoms with Gasteiger partial charge in [0.05, 0.1) is 17.9 Å². The van der Waals surface area contributed by atoms with Gasteiger partial charge in [-0.05, 0) is 12.8 Å². The van der Waals surface area contributed by atoms with Crippen LogP contribution in [0.2, 0.25) is 0 Å². The summed E-state index contributed by atoms with van der Waals surface area (Å²) in [4.78, 5) is 2.56. The molecular weight excluding hydrogens is 244 g/mol. The van der Waals surface area contributed by atoms with Crippen LogP contribution in [0.5, 0.6) is 0 Å². The van der Waals surface area contributed by atoms with E-state index in [1.807, 2.05) is 0 Å². The maximum absolute atomic E-state index is 8.96. The molecule has 0 bridgehead atoms. The van der Waals surface area contributed by atoms with E-state index in [4.69, 9.17) is 14.7 Å². The summed E-state index contributed by atoms with van der Waals surface area (Å²) in [6.45, 7) is 6.60. The minimum atomic E-state index is -0.0164. The molecular formula is C14H24N2O3. The zero-order valence-corrected chi connectivity index (χ0v) is 11.7. The molecule has 1 spiro atoms. The van der Waals surface area contributed by atoms with Gasteiger partial charge in [-0.1, -0.05) is 12.1 Å². The number of oxime groups is 1. The van der Waals surface area contributed by atoms with Crippen LogP contribution in [0.25, 0.3) is 0 Å². The average molecular weight is 268 g/mol. The molecule has 0 aromatic rings. The summed E-state index contributed by atoms with van der Waals surface area (Å²) in [7, 11) is 0. The number of hydrogen-bond donors (Lipinski definition) is 1. The largest absolute Gasteiger partial charge is 0.411 e. The zero-order chi connectivity index (χ0) is 13.3. The Morgan fingerprint density at radius 1 is 1.42 bits per heavy atom. The van der Waals surface area contributed by atoms with Crippen molar-refractivity contribution in [3.8, 4) is 0 Å². The van der Waals surface area contributed by atoms with E-state index in [0.29, 0.717) is 12.0 Å². The van der Waals surface area contributed by atoms with Crippen LogP contribution in [0.1, 0.15) is 32.6 Å². The second-order valence-corrected chi connectivity index (χ2v) is 6.22. The maximum atomic E-state index is 8.96. The van der Waals surface area contributed by atoms with Crippen LogP contribution in [-0.2, 0) is 9.47 Å². The number of ether oxygens (including phenoxy) is 2. The second-order valence-electron chi connectivity index (χ2n) is 6.22. The smallest absolute Gasteiger partial charge is 0.0951 e. The van der Waals surface area contributed by atoms with Crippen molar-refractivity contribution in [2.24, 2.45) is 11.1 Å². The lowest BCUT2D eigenvalue weighted by Gasteiger charge is -2.44. The standard InChI is InChI=1S/C14H24N2O3/c1-11-9-16(5-2-13(11)15-17)12-3-6-19-14(8-12)4-7-18-10-14/h11-12,17H,2-10H2,1H3. The molecule has 3 saturated heterocycles. The Hall–Kier alpha value is -0.650. The topological polar surface area (TPSA) is 54.3 Å². The first-order valence-electron chi connectivity index (χ1n) is 7.39. The Labute approximate surface area is 114 Å². The van der Waals surface area contributed by atoms with Gasteiger partial charge in [0.15, 0.2) is 0 Å². The highest BCUT2D eigenvalue weighted by Gasteiger charge is 2.43. The van der Waals surface area contributed by atoms with Crippen LogP contribution in [0.4, 0.5) is 0 Å². The van der Waals surface area contributed by atoms with Gasteiger partial charge in [0, 0.05) is 51.1 Å². The third-order valence-corrected chi connectivity index (χ3v) is 4.91. The van der Waals surface area contributed by atoms with Gasteiger partial charge in [0.1, 0.15) is 0 Å². The summed E-state index contributed by atoms with van der Waals surface area (Å²) in [6.07, 6.45) is 4.13. The van der Waals surface area contributed by atoms with E-state index in [1.165, 1.54) is 0 Å². The molecule has 0 saturated carbocycles. The molecule has 5 heteroatoms. The Morgan fingerprint density at radius 3 is 3.00 bits per heavy atom. The Morgan fingerprint density at radius 2 is 2.32 bits per heavy atom. The van der Waals surface area contributed by atoms with Gasteiger partial charge in [-0.25, -0.2) is 0 Å². The molecule has 19 heavy (non-hydrogen) atoms. The molecule has 0 aromatic carbocycles. The molecule has 3 atom stereocenters. The molecule has 5 nitrogen and oxygen atoms in total. The van der Waals surface area contributed by atoms with Gasteiger partial charge in [-0.15, -0.1) is 0 Å². The number of nitrogens with zero attached hydrogens (tertiary/aromatic N) is 2. The van der Waals surface area contributed by atoms with Crippen molar-refractivity contribution in [3.05, 3.63) is 0 Å². The predicted molar refractivity (Wildman–Crippen MR) is 71.7 cm³/mol. The number of hydrogen-bond acceptors (Lipinski definition) is 5. The lowest BCUT2D eigenvalue weighted by atomic mass is 9.87. The normalized spacial score (nSPS) is 43.1. The molecule has 3 heterocycles.